The lowest BCUT2D eigenvalue weighted by atomic mass is 10.2. The first-order valence-corrected chi connectivity index (χ1v) is 7.38. The van der Waals surface area contributed by atoms with Crippen molar-refractivity contribution in [2.75, 3.05) is 20.2 Å². The Kier molecular flexibility index (Phi) is 5.52. The highest BCUT2D eigenvalue weighted by atomic mass is 16.5. The van der Waals surface area contributed by atoms with Crippen LogP contribution in [0.5, 0.6) is 11.5 Å². The number of benzene rings is 1. The number of likely N-dealkylation sites (tertiary alicyclic amines) is 1. The van der Waals surface area contributed by atoms with Crippen molar-refractivity contribution in [3.8, 4) is 11.5 Å². The summed E-state index contributed by atoms with van der Waals surface area (Å²) in [4.78, 5) is 2.47. The maximum atomic E-state index is 6.17. The molecule has 19 heavy (non-hydrogen) atoms. The van der Waals surface area contributed by atoms with E-state index in [1.165, 1.54) is 38.8 Å². The summed E-state index contributed by atoms with van der Waals surface area (Å²) >= 11 is 0. The van der Waals surface area contributed by atoms with E-state index in [-0.39, 0.29) is 6.23 Å². The molecule has 1 fully saturated rings. The number of nitrogens with zero attached hydrogens (tertiary/aromatic N) is 1. The Labute approximate surface area is 116 Å². The molecule has 106 valence electrons. The summed E-state index contributed by atoms with van der Waals surface area (Å²) in [5.41, 5.74) is 0. The van der Waals surface area contributed by atoms with Crippen molar-refractivity contribution in [3.63, 3.8) is 0 Å². The Morgan fingerprint density at radius 1 is 1.11 bits per heavy atom. The molecule has 1 aromatic rings. The SMILES string of the molecule is CCCCC(Oc1ccc(OC)cc1)N1CCCC1. The van der Waals surface area contributed by atoms with Gasteiger partial charge in [-0.3, -0.25) is 4.90 Å². The topological polar surface area (TPSA) is 21.7 Å². The smallest absolute Gasteiger partial charge is 0.152 e. The van der Waals surface area contributed by atoms with E-state index in [9.17, 15) is 0 Å². The molecule has 0 aliphatic carbocycles. The Morgan fingerprint density at radius 3 is 2.32 bits per heavy atom. The molecule has 1 aliphatic rings. The average molecular weight is 263 g/mol. The number of ether oxygens (including phenoxy) is 2. The molecule has 0 radical (unpaired) electrons. The van der Waals surface area contributed by atoms with Crippen LogP contribution in [-0.2, 0) is 0 Å². The summed E-state index contributed by atoms with van der Waals surface area (Å²) < 4.78 is 11.3. The molecule has 1 heterocycles. The van der Waals surface area contributed by atoms with E-state index < -0.39 is 0 Å². The molecular formula is C16H25NO2. The summed E-state index contributed by atoms with van der Waals surface area (Å²) in [6.45, 7) is 4.57. The molecule has 0 spiro atoms. The van der Waals surface area contributed by atoms with Crippen LogP contribution < -0.4 is 9.47 Å². The second-order valence-corrected chi connectivity index (χ2v) is 5.13. The Morgan fingerprint density at radius 2 is 1.74 bits per heavy atom. The fourth-order valence-electron chi connectivity index (χ4n) is 2.54. The van der Waals surface area contributed by atoms with Crippen molar-refractivity contribution in [2.24, 2.45) is 0 Å². The largest absolute Gasteiger partial charge is 0.497 e. The second kappa shape index (κ2) is 7.39. The summed E-state index contributed by atoms with van der Waals surface area (Å²) in [6.07, 6.45) is 6.38. The van der Waals surface area contributed by atoms with E-state index in [0.717, 1.165) is 17.9 Å². The third-order valence-electron chi connectivity index (χ3n) is 3.68. The Balaban J connectivity index is 1.96. The van der Waals surface area contributed by atoms with Crippen molar-refractivity contribution in [1.82, 2.24) is 4.90 Å². The molecule has 0 aromatic heterocycles. The first kappa shape index (κ1) is 14.2. The highest BCUT2D eigenvalue weighted by molar-refractivity contribution is 5.31. The van der Waals surface area contributed by atoms with Gasteiger partial charge in [0, 0.05) is 13.1 Å². The molecule has 1 atom stereocenters. The first-order valence-electron chi connectivity index (χ1n) is 7.38. The molecule has 2 rings (SSSR count). The lowest BCUT2D eigenvalue weighted by molar-refractivity contribution is 0.0345. The van der Waals surface area contributed by atoms with Crippen molar-refractivity contribution >= 4 is 0 Å². The summed E-state index contributed by atoms with van der Waals surface area (Å²) in [7, 11) is 1.68. The fraction of sp³-hybridized carbons (Fsp3) is 0.625. The van der Waals surface area contributed by atoms with Gasteiger partial charge in [-0.15, -0.1) is 0 Å². The van der Waals surface area contributed by atoms with Gasteiger partial charge in [0.1, 0.15) is 11.5 Å². The van der Waals surface area contributed by atoms with Crippen molar-refractivity contribution < 1.29 is 9.47 Å². The van der Waals surface area contributed by atoms with Gasteiger partial charge in [-0.25, -0.2) is 0 Å². The van der Waals surface area contributed by atoms with E-state index in [1.807, 2.05) is 24.3 Å². The predicted molar refractivity (Wildman–Crippen MR) is 77.7 cm³/mol. The van der Waals surface area contributed by atoms with Crippen LogP contribution in [0.3, 0.4) is 0 Å². The van der Waals surface area contributed by atoms with Gasteiger partial charge in [0.2, 0.25) is 0 Å². The molecule has 0 saturated carbocycles. The van der Waals surface area contributed by atoms with Gasteiger partial charge in [-0.1, -0.05) is 13.3 Å². The first-order chi connectivity index (χ1) is 9.33. The van der Waals surface area contributed by atoms with Gasteiger partial charge >= 0.3 is 0 Å². The third-order valence-corrected chi connectivity index (χ3v) is 3.68. The molecule has 0 N–H and O–H groups in total. The van der Waals surface area contributed by atoms with Gasteiger partial charge < -0.3 is 9.47 Å². The Bertz CT molecular complexity index is 358. The van der Waals surface area contributed by atoms with Crippen LogP contribution in [0.1, 0.15) is 39.0 Å². The van der Waals surface area contributed by atoms with Gasteiger partial charge in [-0.05, 0) is 49.9 Å². The number of methoxy groups -OCH3 is 1. The van der Waals surface area contributed by atoms with Crippen LogP contribution in [-0.4, -0.2) is 31.3 Å². The minimum absolute atomic E-state index is 0.232. The number of rotatable bonds is 7. The lowest BCUT2D eigenvalue weighted by Gasteiger charge is -2.28. The fourth-order valence-corrected chi connectivity index (χ4v) is 2.54. The molecule has 1 aromatic carbocycles. The van der Waals surface area contributed by atoms with Crippen molar-refractivity contribution in [3.05, 3.63) is 24.3 Å². The molecule has 0 amide bonds. The molecule has 1 saturated heterocycles. The van der Waals surface area contributed by atoms with E-state index in [1.54, 1.807) is 7.11 Å². The van der Waals surface area contributed by atoms with E-state index in [0.29, 0.717) is 0 Å². The molecule has 3 heteroatoms. The average Bonchev–Trinajstić information content (AvgIpc) is 2.98. The quantitative estimate of drug-likeness (QED) is 0.749. The number of hydrogen-bond donors (Lipinski definition) is 0. The number of unbranched alkanes of at least 4 members (excludes halogenated alkanes) is 1. The van der Waals surface area contributed by atoms with E-state index in [2.05, 4.69) is 11.8 Å². The molecule has 0 bridgehead atoms. The minimum Gasteiger partial charge on any atom is -0.497 e. The van der Waals surface area contributed by atoms with Crippen LogP contribution in [0.15, 0.2) is 24.3 Å². The number of hydrogen-bond acceptors (Lipinski definition) is 3. The Hall–Kier alpha value is -1.22. The zero-order chi connectivity index (χ0) is 13.5. The normalized spacial score (nSPS) is 17.4. The van der Waals surface area contributed by atoms with Crippen molar-refractivity contribution in [2.45, 2.75) is 45.3 Å². The standard InChI is InChI=1S/C16H25NO2/c1-3-4-7-16(17-12-5-6-13-17)19-15-10-8-14(18-2)9-11-15/h8-11,16H,3-7,12-13H2,1-2H3. The molecular weight excluding hydrogens is 238 g/mol. The zero-order valence-electron chi connectivity index (χ0n) is 12.1. The molecule has 1 unspecified atom stereocenters. The van der Waals surface area contributed by atoms with E-state index >= 15 is 0 Å². The predicted octanol–water partition coefficient (Wildman–Crippen LogP) is 3.69. The van der Waals surface area contributed by atoms with Gasteiger partial charge in [0.25, 0.3) is 0 Å². The van der Waals surface area contributed by atoms with Gasteiger partial charge in [0.05, 0.1) is 7.11 Å². The second-order valence-electron chi connectivity index (χ2n) is 5.13. The summed E-state index contributed by atoms with van der Waals surface area (Å²) in [6, 6.07) is 7.90. The lowest BCUT2D eigenvalue weighted by Crippen LogP contribution is -2.37. The summed E-state index contributed by atoms with van der Waals surface area (Å²) in [5.74, 6) is 1.81. The highest BCUT2D eigenvalue weighted by Gasteiger charge is 2.22. The maximum Gasteiger partial charge on any atom is 0.152 e. The van der Waals surface area contributed by atoms with Crippen LogP contribution in [0.25, 0.3) is 0 Å². The van der Waals surface area contributed by atoms with Crippen LogP contribution in [0, 0.1) is 0 Å². The van der Waals surface area contributed by atoms with Gasteiger partial charge in [0.15, 0.2) is 6.23 Å². The minimum atomic E-state index is 0.232. The molecule has 3 nitrogen and oxygen atoms in total. The van der Waals surface area contributed by atoms with E-state index in [4.69, 9.17) is 9.47 Å². The van der Waals surface area contributed by atoms with Crippen LogP contribution >= 0.6 is 0 Å². The molecule has 1 aliphatic heterocycles. The monoisotopic (exact) mass is 263 g/mol. The third kappa shape index (κ3) is 4.13. The van der Waals surface area contributed by atoms with Gasteiger partial charge in [-0.2, -0.15) is 0 Å². The maximum absolute atomic E-state index is 6.17. The van der Waals surface area contributed by atoms with Crippen LogP contribution in [0.4, 0.5) is 0 Å². The highest BCUT2D eigenvalue weighted by Crippen LogP contribution is 2.23. The van der Waals surface area contributed by atoms with Crippen molar-refractivity contribution in [1.29, 1.82) is 0 Å². The summed E-state index contributed by atoms with van der Waals surface area (Å²) in [5, 5.41) is 0. The van der Waals surface area contributed by atoms with Crippen LogP contribution in [0.2, 0.25) is 0 Å². The zero-order valence-corrected chi connectivity index (χ0v) is 12.1.